The van der Waals surface area contributed by atoms with Crippen LogP contribution in [0.2, 0.25) is 0 Å². The molecule has 1 saturated carbocycles. The molecule has 2 N–H and O–H groups in total. The van der Waals surface area contributed by atoms with Crippen LogP contribution in [0.3, 0.4) is 0 Å². The summed E-state index contributed by atoms with van der Waals surface area (Å²) in [5.41, 5.74) is 2.40. The van der Waals surface area contributed by atoms with Crippen molar-refractivity contribution in [2.24, 2.45) is 0 Å². The summed E-state index contributed by atoms with van der Waals surface area (Å²) in [6.07, 6.45) is 4.55. The summed E-state index contributed by atoms with van der Waals surface area (Å²) in [4.78, 5) is 6.78. The smallest absolute Gasteiger partial charge is 0.131 e. The van der Waals surface area contributed by atoms with Gasteiger partial charge in [0.15, 0.2) is 0 Å². The van der Waals surface area contributed by atoms with E-state index < -0.39 is 0 Å². The molecular formula is C15H23N3O2. The van der Waals surface area contributed by atoms with E-state index in [-0.39, 0.29) is 12.6 Å². The van der Waals surface area contributed by atoms with Crippen molar-refractivity contribution in [2.75, 3.05) is 31.3 Å². The predicted molar refractivity (Wildman–Crippen MR) is 77.9 cm³/mol. The summed E-state index contributed by atoms with van der Waals surface area (Å²) in [5.74, 6) is 0.975. The topological polar surface area (TPSA) is 57.6 Å². The minimum absolute atomic E-state index is 0.0189. The molecule has 20 heavy (non-hydrogen) atoms. The summed E-state index contributed by atoms with van der Waals surface area (Å²) >= 11 is 0. The Morgan fingerprint density at radius 3 is 3.05 bits per heavy atom. The molecule has 0 amide bonds. The lowest BCUT2D eigenvalue weighted by molar-refractivity contribution is 0.0722. The van der Waals surface area contributed by atoms with Crippen LogP contribution in [-0.4, -0.2) is 48.5 Å². The van der Waals surface area contributed by atoms with Gasteiger partial charge in [-0.1, -0.05) is 0 Å². The van der Waals surface area contributed by atoms with Crippen molar-refractivity contribution < 1.29 is 9.84 Å². The molecule has 0 aromatic carbocycles. The average molecular weight is 277 g/mol. The van der Waals surface area contributed by atoms with Crippen LogP contribution >= 0.6 is 0 Å². The first kappa shape index (κ1) is 13.8. The molecule has 0 spiro atoms. The summed E-state index contributed by atoms with van der Waals surface area (Å²) in [5, 5.41) is 13.0. The third-order valence-electron chi connectivity index (χ3n) is 3.99. The van der Waals surface area contributed by atoms with Crippen LogP contribution in [0.1, 0.15) is 24.0 Å². The minimum Gasteiger partial charge on any atom is -0.394 e. The Hall–Kier alpha value is -1.17. The Labute approximate surface area is 120 Å². The number of hydrogen-bond donors (Lipinski definition) is 2. The SMILES string of the molecule is Cc1cc(CNC2CC2)cnc1N1CCOCC1CO. The second-order valence-electron chi connectivity index (χ2n) is 5.74. The number of ether oxygens (including phenoxy) is 1. The standard InChI is InChI=1S/C15H23N3O2/c1-11-6-12(7-16-13-2-3-13)8-17-15(11)18-4-5-20-10-14(18)9-19/h6,8,13-14,16,19H,2-5,7,9-10H2,1H3. The molecular weight excluding hydrogens is 254 g/mol. The first-order chi connectivity index (χ1) is 9.78. The van der Waals surface area contributed by atoms with E-state index in [1.54, 1.807) is 0 Å². The average Bonchev–Trinajstić information content (AvgIpc) is 3.29. The van der Waals surface area contributed by atoms with Crippen LogP contribution in [0.4, 0.5) is 5.82 Å². The maximum Gasteiger partial charge on any atom is 0.131 e. The molecule has 3 rings (SSSR count). The number of morpholine rings is 1. The van der Waals surface area contributed by atoms with Gasteiger partial charge >= 0.3 is 0 Å². The Morgan fingerprint density at radius 1 is 1.50 bits per heavy atom. The zero-order valence-electron chi connectivity index (χ0n) is 12.0. The number of aromatic nitrogens is 1. The van der Waals surface area contributed by atoms with Crippen molar-refractivity contribution in [1.82, 2.24) is 10.3 Å². The van der Waals surface area contributed by atoms with Crippen molar-refractivity contribution in [1.29, 1.82) is 0 Å². The summed E-state index contributed by atoms with van der Waals surface area (Å²) < 4.78 is 5.42. The molecule has 2 heterocycles. The number of aliphatic hydroxyl groups is 1. The Balaban J connectivity index is 1.71. The van der Waals surface area contributed by atoms with Gasteiger partial charge in [-0.25, -0.2) is 4.98 Å². The first-order valence-electron chi connectivity index (χ1n) is 7.42. The van der Waals surface area contributed by atoms with E-state index in [1.807, 2.05) is 6.20 Å². The molecule has 110 valence electrons. The Kier molecular flexibility index (Phi) is 4.19. The fourth-order valence-corrected chi connectivity index (χ4v) is 2.66. The van der Waals surface area contributed by atoms with Crippen molar-refractivity contribution in [3.05, 3.63) is 23.4 Å². The fourth-order valence-electron chi connectivity index (χ4n) is 2.66. The van der Waals surface area contributed by atoms with Gasteiger partial charge in [-0.05, 0) is 37.0 Å². The second kappa shape index (κ2) is 6.08. The van der Waals surface area contributed by atoms with Gasteiger partial charge in [-0.15, -0.1) is 0 Å². The van der Waals surface area contributed by atoms with Crippen LogP contribution in [0, 0.1) is 6.92 Å². The lowest BCUT2D eigenvalue weighted by atomic mass is 10.1. The number of anilines is 1. The first-order valence-corrected chi connectivity index (χ1v) is 7.42. The quantitative estimate of drug-likeness (QED) is 0.835. The molecule has 1 aromatic rings. The van der Waals surface area contributed by atoms with E-state index in [0.717, 1.165) is 18.9 Å². The summed E-state index contributed by atoms with van der Waals surface area (Å²) in [6.45, 7) is 5.15. The second-order valence-corrected chi connectivity index (χ2v) is 5.74. The number of pyridine rings is 1. The van der Waals surface area contributed by atoms with E-state index in [1.165, 1.54) is 24.0 Å². The number of nitrogens with one attached hydrogen (secondary N) is 1. The van der Waals surface area contributed by atoms with Gasteiger partial charge in [0.05, 0.1) is 25.9 Å². The van der Waals surface area contributed by atoms with Crippen LogP contribution in [0.25, 0.3) is 0 Å². The molecule has 1 unspecified atom stereocenters. The number of nitrogens with zero attached hydrogens (tertiary/aromatic N) is 2. The summed E-state index contributed by atoms with van der Waals surface area (Å²) in [6, 6.07) is 2.93. The van der Waals surface area contributed by atoms with Gasteiger partial charge in [0.1, 0.15) is 5.82 Å². The van der Waals surface area contributed by atoms with Crippen LogP contribution < -0.4 is 10.2 Å². The van der Waals surface area contributed by atoms with E-state index in [4.69, 9.17) is 4.74 Å². The maximum absolute atomic E-state index is 9.46. The van der Waals surface area contributed by atoms with Crippen LogP contribution in [0.15, 0.2) is 12.3 Å². The lowest BCUT2D eigenvalue weighted by Crippen LogP contribution is -2.48. The van der Waals surface area contributed by atoms with E-state index in [2.05, 4.69) is 28.2 Å². The minimum atomic E-state index is 0.0189. The molecule has 2 aliphatic rings. The molecule has 0 bridgehead atoms. The van der Waals surface area contributed by atoms with Gasteiger partial charge in [0.25, 0.3) is 0 Å². The fraction of sp³-hybridized carbons (Fsp3) is 0.667. The molecule has 1 aliphatic carbocycles. The van der Waals surface area contributed by atoms with Gasteiger partial charge in [-0.3, -0.25) is 0 Å². The Morgan fingerprint density at radius 2 is 2.35 bits per heavy atom. The highest BCUT2D eigenvalue weighted by atomic mass is 16.5. The third-order valence-corrected chi connectivity index (χ3v) is 3.99. The van der Waals surface area contributed by atoms with Crippen LogP contribution in [-0.2, 0) is 11.3 Å². The molecule has 1 aliphatic heterocycles. The van der Waals surface area contributed by atoms with Crippen molar-refractivity contribution in [3.8, 4) is 0 Å². The molecule has 1 atom stereocenters. The van der Waals surface area contributed by atoms with E-state index in [9.17, 15) is 5.11 Å². The van der Waals surface area contributed by atoms with Gasteiger partial charge in [0, 0.05) is 25.3 Å². The normalized spacial score (nSPS) is 23.1. The molecule has 5 nitrogen and oxygen atoms in total. The number of aliphatic hydroxyl groups excluding tert-OH is 1. The van der Waals surface area contributed by atoms with Gasteiger partial charge < -0.3 is 20.1 Å². The zero-order valence-corrected chi connectivity index (χ0v) is 12.0. The zero-order chi connectivity index (χ0) is 13.9. The number of aryl methyl sites for hydroxylation is 1. The monoisotopic (exact) mass is 277 g/mol. The van der Waals surface area contributed by atoms with Crippen LogP contribution in [0.5, 0.6) is 0 Å². The highest BCUT2D eigenvalue weighted by Gasteiger charge is 2.25. The van der Waals surface area contributed by atoms with Crippen molar-refractivity contribution in [2.45, 2.75) is 38.4 Å². The highest BCUT2D eigenvalue weighted by molar-refractivity contribution is 5.48. The van der Waals surface area contributed by atoms with E-state index in [0.29, 0.717) is 19.3 Å². The predicted octanol–water partition coefficient (Wildman–Crippen LogP) is 0.840. The summed E-state index contributed by atoms with van der Waals surface area (Å²) in [7, 11) is 0. The largest absolute Gasteiger partial charge is 0.394 e. The molecule has 0 radical (unpaired) electrons. The molecule has 1 saturated heterocycles. The molecule has 2 fully saturated rings. The van der Waals surface area contributed by atoms with Gasteiger partial charge in [0.2, 0.25) is 0 Å². The third kappa shape index (κ3) is 3.11. The number of hydrogen-bond acceptors (Lipinski definition) is 5. The maximum atomic E-state index is 9.46. The van der Waals surface area contributed by atoms with Crippen molar-refractivity contribution in [3.63, 3.8) is 0 Å². The van der Waals surface area contributed by atoms with Gasteiger partial charge in [-0.2, -0.15) is 0 Å². The highest BCUT2D eigenvalue weighted by Crippen LogP contribution is 2.23. The number of rotatable bonds is 5. The van der Waals surface area contributed by atoms with Crippen molar-refractivity contribution >= 4 is 5.82 Å². The lowest BCUT2D eigenvalue weighted by Gasteiger charge is -2.36. The Bertz CT molecular complexity index is 462. The van der Waals surface area contributed by atoms with E-state index >= 15 is 0 Å². The molecule has 1 aromatic heterocycles. The molecule has 5 heteroatoms.